The molecule has 0 radical (unpaired) electrons. The summed E-state index contributed by atoms with van der Waals surface area (Å²) >= 11 is 3.57. The Hall–Kier alpha value is -2.38. The number of carbonyl (C=O) groups excluding carboxylic acids is 1. The lowest BCUT2D eigenvalue weighted by Gasteiger charge is -2.28. The van der Waals surface area contributed by atoms with Crippen LogP contribution in [0, 0.1) is 0 Å². The first-order valence-electron chi connectivity index (χ1n) is 9.77. The number of sulfone groups is 1. The van der Waals surface area contributed by atoms with E-state index in [0.29, 0.717) is 18.7 Å². The highest BCUT2D eigenvalue weighted by molar-refractivity contribution is 9.10. The van der Waals surface area contributed by atoms with Crippen molar-refractivity contribution >= 4 is 42.4 Å². The van der Waals surface area contributed by atoms with Gasteiger partial charge in [-0.25, -0.2) is 8.42 Å². The van der Waals surface area contributed by atoms with E-state index in [0.717, 1.165) is 20.8 Å². The fourth-order valence-electron chi connectivity index (χ4n) is 3.77. The maximum atomic E-state index is 13.1. The fourth-order valence-corrected chi connectivity index (χ4v) is 6.11. The Morgan fingerprint density at radius 2 is 1.77 bits per heavy atom. The minimum absolute atomic E-state index is 0.00520. The van der Waals surface area contributed by atoms with Crippen LogP contribution in [0.25, 0.3) is 10.8 Å². The van der Waals surface area contributed by atoms with E-state index in [2.05, 4.69) is 15.9 Å². The van der Waals surface area contributed by atoms with Crippen molar-refractivity contribution in [3.63, 3.8) is 0 Å². The van der Waals surface area contributed by atoms with Crippen molar-refractivity contribution in [1.82, 2.24) is 4.90 Å². The van der Waals surface area contributed by atoms with Gasteiger partial charge in [-0.3, -0.25) is 4.79 Å². The summed E-state index contributed by atoms with van der Waals surface area (Å²) in [4.78, 5) is 14.7. The first kappa shape index (κ1) is 20.9. The van der Waals surface area contributed by atoms with Gasteiger partial charge >= 0.3 is 0 Å². The van der Waals surface area contributed by atoms with E-state index in [4.69, 9.17) is 4.74 Å². The number of carbonyl (C=O) groups is 1. The maximum absolute atomic E-state index is 13.1. The molecule has 1 aliphatic rings. The quantitative estimate of drug-likeness (QED) is 0.522. The van der Waals surface area contributed by atoms with Crippen LogP contribution in [0.5, 0.6) is 5.75 Å². The number of hydrogen-bond acceptors (Lipinski definition) is 4. The van der Waals surface area contributed by atoms with Crippen molar-refractivity contribution in [3.8, 4) is 5.75 Å². The Labute approximate surface area is 184 Å². The third-order valence-electron chi connectivity index (χ3n) is 5.34. The molecule has 0 aromatic heterocycles. The number of halogens is 1. The molecular formula is C23H22BrNO4S. The van der Waals surface area contributed by atoms with E-state index >= 15 is 0 Å². The minimum atomic E-state index is -3.11. The SMILES string of the molecule is O=C(COc1ccc2ccccc2c1Br)N(Cc1ccccc1)[C@H]1CCS(=O)(=O)C1. The predicted molar refractivity (Wildman–Crippen MR) is 121 cm³/mol. The highest BCUT2D eigenvalue weighted by Gasteiger charge is 2.34. The lowest BCUT2D eigenvalue weighted by Crippen LogP contribution is -2.43. The molecule has 1 saturated heterocycles. The molecule has 3 aromatic rings. The molecule has 0 bridgehead atoms. The number of ether oxygens (including phenoxy) is 1. The summed E-state index contributed by atoms with van der Waals surface area (Å²) in [5.74, 6) is 0.486. The Balaban J connectivity index is 1.52. The topological polar surface area (TPSA) is 63.7 Å². The molecule has 1 amide bonds. The van der Waals surface area contributed by atoms with Gasteiger partial charge in [0.2, 0.25) is 0 Å². The van der Waals surface area contributed by atoms with E-state index in [9.17, 15) is 13.2 Å². The monoisotopic (exact) mass is 487 g/mol. The number of hydrogen-bond donors (Lipinski definition) is 0. The standard InChI is InChI=1S/C23H22BrNO4S/c24-23-20-9-5-4-8-18(20)10-11-21(23)29-15-22(26)25(14-17-6-2-1-3-7-17)19-12-13-30(27,28)16-19/h1-11,19H,12-16H2/t19-/m0/s1. The smallest absolute Gasteiger partial charge is 0.261 e. The molecule has 3 aromatic carbocycles. The van der Waals surface area contributed by atoms with E-state index in [1.807, 2.05) is 66.7 Å². The van der Waals surface area contributed by atoms with Crippen LogP contribution in [0.2, 0.25) is 0 Å². The van der Waals surface area contributed by atoms with Gasteiger partial charge in [0.05, 0.1) is 16.0 Å². The van der Waals surface area contributed by atoms with Gasteiger partial charge in [-0.05, 0) is 44.8 Å². The second-order valence-electron chi connectivity index (χ2n) is 7.45. The second-order valence-corrected chi connectivity index (χ2v) is 10.5. The number of benzene rings is 3. The van der Waals surface area contributed by atoms with Crippen molar-refractivity contribution in [3.05, 3.63) is 76.8 Å². The zero-order valence-corrected chi connectivity index (χ0v) is 18.7. The maximum Gasteiger partial charge on any atom is 0.261 e. The fraction of sp³-hybridized carbons (Fsp3) is 0.261. The second kappa shape index (κ2) is 8.78. The van der Waals surface area contributed by atoms with E-state index in [-0.39, 0.29) is 30.1 Å². The van der Waals surface area contributed by atoms with E-state index in [1.165, 1.54) is 0 Å². The molecule has 0 unspecified atom stereocenters. The molecule has 0 N–H and O–H groups in total. The molecule has 1 aliphatic heterocycles. The van der Waals surface area contributed by atoms with E-state index in [1.54, 1.807) is 4.90 Å². The highest BCUT2D eigenvalue weighted by atomic mass is 79.9. The van der Waals surface area contributed by atoms with E-state index < -0.39 is 9.84 Å². The minimum Gasteiger partial charge on any atom is -0.483 e. The average Bonchev–Trinajstić information content (AvgIpc) is 3.11. The molecule has 1 fully saturated rings. The average molecular weight is 488 g/mol. The van der Waals surface area contributed by atoms with Gasteiger partial charge < -0.3 is 9.64 Å². The predicted octanol–water partition coefficient (Wildman–Crippen LogP) is 4.20. The van der Waals surface area contributed by atoms with Gasteiger partial charge in [0.1, 0.15) is 5.75 Å². The van der Waals surface area contributed by atoms with Crippen LogP contribution in [0.3, 0.4) is 0 Å². The molecule has 0 spiro atoms. The summed E-state index contributed by atoms with van der Waals surface area (Å²) in [5.41, 5.74) is 0.960. The van der Waals surface area contributed by atoms with Crippen LogP contribution in [-0.4, -0.2) is 43.4 Å². The molecule has 1 heterocycles. The van der Waals surface area contributed by atoms with Crippen LogP contribution >= 0.6 is 15.9 Å². The number of nitrogens with zero attached hydrogens (tertiary/aromatic N) is 1. The Morgan fingerprint density at radius 3 is 2.50 bits per heavy atom. The lowest BCUT2D eigenvalue weighted by atomic mass is 10.1. The molecule has 1 atom stereocenters. The molecule has 5 nitrogen and oxygen atoms in total. The van der Waals surface area contributed by atoms with Crippen LogP contribution in [-0.2, 0) is 21.2 Å². The molecule has 30 heavy (non-hydrogen) atoms. The summed E-state index contributed by atoms with van der Waals surface area (Å²) in [5, 5.41) is 2.08. The zero-order chi connectivity index (χ0) is 21.1. The summed E-state index contributed by atoms with van der Waals surface area (Å²) in [6, 6.07) is 21.0. The van der Waals surface area contributed by atoms with Gasteiger partial charge in [0.15, 0.2) is 16.4 Å². The van der Waals surface area contributed by atoms with Gasteiger partial charge in [0.25, 0.3) is 5.91 Å². The van der Waals surface area contributed by atoms with Crippen molar-refractivity contribution in [1.29, 1.82) is 0 Å². The van der Waals surface area contributed by atoms with Crippen LogP contribution in [0.1, 0.15) is 12.0 Å². The summed E-state index contributed by atoms with van der Waals surface area (Å²) in [7, 11) is -3.11. The third kappa shape index (κ3) is 4.68. The van der Waals surface area contributed by atoms with Gasteiger partial charge in [0, 0.05) is 12.6 Å². The van der Waals surface area contributed by atoms with Gasteiger partial charge in [-0.15, -0.1) is 0 Å². The number of amides is 1. The molecule has 0 aliphatic carbocycles. The van der Waals surface area contributed by atoms with Crippen molar-refractivity contribution < 1.29 is 17.9 Å². The van der Waals surface area contributed by atoms with Crippen molar-refractivity contribution in [2.24, 2.45) is 0 Å². The molecule has 7 heteroatoms. The number of rotatable bonds is 6. The molecule has 4 rings (SSSR count). The van der Waals surface area contributed by atoms with Crippen LogP contribution in [0.15, 0.2) is 71.2 Å². The first-order valence-corrected chi connectivity index (χ1v) is 12.4. The molecule has 156 valence electrons. The zero-order valence-electron chi connectivity index (χ0n) is 16.3. The normalized spacial score (nSPS) is 17.7. The van der Waals surface area contributed by atoms with Crippen molar-refractivity contribution in [2.45, 2.75) is 19.0 Å². The first-order chi connectivity index (χ1) is 14.4. The summed E-state index contributed by atoms with van der Waals surface area (Å²) < 4.78 is 30.6. The molecule has 0 saturated carbocycles. The summed E-state index contributed by atoms with van der Waals surface area (Å²) in [6.07, 6.45) is 0.459. The van der Waals surface area contributed by atoms with Crippen LogP contribution < -0.4 is 4.74 Å². The van der Waals surface area contributed by atoms with Crippen molar-refractivity contribution in [2.75, 3.05) is 18.1 Å². The molecular weight excluding hydrogens is 466 g/mol. The summed E-state index contributed by atoms with van der Waals surface area (Å²) in [6.45, 7) is 0.211. The van der Waals surface area contributed by atoms with Crippen LogP contribution in [0.4, 0.5) is 0 Å². The Bertz CT molecular complexity index is 1160. The third-order valence-corrected chi connectivity index (χ3v) is 7.91. The Morgan fingerprint density at radius 1 is 1.03 bits per heavy atom. The van der Waals surface area contributed by atoms with Gasteiger partial charge in [-0.2, -0.15) is 0 Å². The Kier molecular flexibility index (Phi) is 6.11. The largest absolute Gasteiger partial charge is 0.483 e. The lowest BCUT2D eigenvalue weighted by molar-refractivity contribution is -0.136. The van der Waals surface area contributed by atoms with Gasteiger partial charge in [-0.1, -0.05) is 60.7 Å². The highest BCUT2D eigenvalue weighted by Crippen LogP contribution is 2.33. The number of fused-ring (bicyclic) bond motifs is 1.